The molecule has 2 heterocycles. The lowest BCUT2D eigenvalue weighted by molar-refractivity contribution is -0.116. The molecule has 0 saturated heterocycles. The molecular weight excluding hydrogens is 402 g/mol. The molecule has 2 aromatic heterocycles. The van der Waals surface area contributed by atoms with E-state index >= 15 is 0 Å². The summed E-state index contributed by atoms with van der Waals surface area (Å²) >= 11 is 0. The number of anilines is 1. The third-order valence-electron chi connectivity index (χ3n) is 5.74. The number of benzene rings is 2. The standard InChI is InChI=1S/C25H27N5O2/c1-5-19-11-9-10-16(2)23(19)26-21(31)14-15-29-25(32)24-22(17(3)27-29)18(4)30(28-24)20-12-7-6-8-13-20/h6-13H,5,14-15H2,1-4H3,(H,26,31). The fourth-order valence-electron chi connectivity index (χ4n) is 4.07. The number of aromatic nitrogens is 4. The Labute approximate surface area is 186 Å². The van der Waals surface area contributed by atoms with Gasteiger partial charge < -0.3 is 5.32 Å². The Balaban J connectivity index is 1.60. The van der Waals surface area contributed by atoms with Crippen LogP contribution >= 0.6 is 0 Å². The van der Waals surface area contributed by atoms with Crippen molar-refractivity contribution in [2.75, 3.05) is 5.32 Å². The van der Waals surface area contributed by atoms with E-state index in [1.807, 2.05) is 69.3 Å². The van der Waals surface area contributed by atoms with Gasteiger partial charge in [0.25, 0.3) is 5.56 Å². The van der Waals surface area contributed by atoms with E-state index in [0.29, 0.717) is 11.2 Å². The molecule has 0 aliphatic carbocycles. The van der Waals surface area contributed by atoms with Gasteiger partial charge in [0, 0.05) is 12.1 Å². The van der Waals surface area contributed by atoms with Crippen molar-refractivity contribution in [1.82, 2.24) is 19.6 Å². The number of aryl methyl sites for hydroxylation is 5. The normalized spacial score (nSPS) is 11.1. The second-order valence-electron chi connectivity index (χ2n) is 7.93. The molecular formula is C25H27N5O2. The van der Waals surface area contributed by atoms with Gasteiger partial charge in [-0.05, 0) is 50.5 Å². The number of nitrogens with one attached hydrogen (secondary N) is 1. The molecule has 0 bridgehead atoms. The Morgan fingerprint density at radius 2 is 1.75 bits per heavy atom. The Morgan fingerprint density at radius 3 is 2.47 bits per heavy atom. The smallest absolute Gasteiger partial charge is 0.295 e. The predicted molar refractivity (Wildman–Crippen MR) is 126 cm³/mol. The van der Waals surface area contributed by atoms with E-state index in [0.717, 1.165) is 40.0 Å². The van der Waals surface area contributed by atoms with Gasteiger partial charge in [0.1, 0.15) is 0 Å². The Bertz CT molecular complexity index is 1350. The molecule has 0 atom stereocenters. The Morgan fingerprint density at radius 1 is 1.00 bits per heavy atom. The monoisotopic (exact) mass is 429 g/mol. The summed E-state index contributed by atoms with van der Waals surface area (Å²) in [6.45, 7) is 8.02. The molecule has 0 saturated carbocycles. The quantitative estimate of drug-likeness (QED) is 0.500. The topological polar surface area (TPSA) is 81.8 Å². The second-order valence-corrected chi connectivity index (χ2v) is 7.93. The van der Waals surface area contributed by atoms with Gasteiger partial charge in [0.15, 0.2) is 5.52 Å². The van der Waals surface area contributed by atoms with E-state index in [1.165, 1.54) is 4.68 Å². The highest BCUT2D eigenvalue weighted by Gasteiger charge is 2.18. The first-order valence-corrected chi connectivity index (χ1v) is 10.8. The lowest BCUT2D eigenvalue weighted by Gasteiger charge is -2.13. The number of carbonyl (C=O) groups excluding carboxylic acids is 1. The van der Waals surface area contributed by atoms with Crippen LogP contribution in [0.1, 0.15) is 35.9 Å². The summed E-state index contributed by atoms with van der Waals surface area (Å²) in [5, 5.41) is 12.8. The molecule has 0 aliphatic rings. The number of rotatable bonds is 6. The van der Waals surface area contributed by atoms with Crippen LogP contribution in [-0.4, -0.2) is 25.5 Å². The molecule has 1 amide bonds. The van der Waals surface area contributed by atoms with E-state index in [4.69, 9.17) is 0 Å². The van der Waals surface area contributed by atoms with Crippen molar-refractivity contribution in [1.29, 1.82) is 0 Å². The van der Waals surface area contributed by atoms with Crippen LogP contribution in [0.3, 0.4) is 0 Å². The van der Waals surface area contributed by atoms with Crippen molar-refractivity contribution in [3.05, 3.63) is 81.4 Å². The van der Waals surface area contributed by atoms with Crippen LogP contribution in [0.5, 0.6) is 0 Å². The molecule has 0 unspecified atom stereocenters. The van der Waals surface area contributed by atoms with Crippen molar-refractivity contribution in [2.24, 2.45) is 0 Å². The molecule has 7 nitrogen and oxygen atoms in total. The number of hydrogen-bond donors (Lipinski definition) is 1. The highest BCUT2D eigenvalue weighted by atomic mass is 16.2. The van der Waals surface area contributed by atoms with Gasteiger partial charge in [-0.25, -0.2) is 9.36 Å². The summed E-state index contributed by atoms with van der Waals surface area (Å²) < 4.78 is 3.11. The number of para-hydroxylation sites is 2. The molecule has 0 fully saturated rings. The zero-order valence-electron chi connectivity index (χ0n) is 18.8. The minimum atomic E-state index is -0.290. The molecule has 1 N–H and O–H groups in total. The maximum Gasteiger partial charge on any atom is 0.295 e. The third kappa shape index (κ3) is 3.93. The highest BCUT2D eigenvalue weighted by Crippen LogP contribution is 2.22. The molecule has 2 aromatic carbocycles. The summed E-state index contributed by atoms with van der Waals surface area (Å²) in [6, 6.07) is 15.7. The Hall–Kier alpha value is -3.74. The number of carbonyl (C=O) groups is 1. The van der Waals surface area contributed by atoms with Crippen molar-refractivity contribution in [3.63, 3.8) is 0 Å². The molecule has 4 rings (SSSR count). The Kier molecular flexibility index (Phi) is 5.90. The van der Waals surface area contributed by atoms with Crippen LogP contribution in [0.2, 0.25) is 0 Å². The van der Waals surface area contributed by atoms with E-state index in [1.54, 1.807) is 4.68 Å². The third-order valence-corrected chi connectivity index (χ3v) is 5.74. The number of fused-ring (bicyclic) bond motifs is 1. The van der Waals surface area contributed by atoms with Gasteiger partial charge in [-0.1, -0.05) is 43.3 Å². The number of nitrogens with zero attached hydrogens (tertiary/aromatic N) is 4. The average molecular weight is 430 g/mol. The molecule has 164 valence electrons. The predicted octanol–water partition coefficient (Wildman–Crippen LogP) is 4.10. The second kappa shape index (κ2) is 8.78. The van der Waals surface area contributed by atoms with Crippen molar-refractivity contribution >= 4 is 22.5 Å². The number of hydrogen-bond acceptors (Lipinski definition) is 4. The maximum absolute atomic E-state index is 13.1. The zero-order valence-corrected chi connectivity index (χ0v) is 18.8. The molecule has 7 heteroatoms. The summed E-state index contributed by atoms with van der Waals surface area (Å²) in [6.07, 6.45) is 0.977. The summed E-state index contributed by atoms with van der Waals surface area (Å²) in [5.74, 6) is -0.147. The van der Waals surface area contributed by atoms with Gasteiger partial charge in [0.2, 0.25) is 5.91 Å². The average Bonchev–Trinajstić information content (AvgIpc) is 3.15. The van der Waals surface area contributed by atoms with E-state index < -0.39 is 0 Å². The van der Waals surface area contributed by atoms with Crippen molar-refractivity contribution < 1.29 is 4.79 Å². The highest BCUT2D eigenvalue weighted by molar-refractivity contribution is 5.92. The minimum Gasteiger partial charge on any atom is -0.326 e. The molecule has 32 heavy (non-hydrogen) atoms. The number of amides is 1. The fourth-order valence-corrected chi connectivity index (χ4v) is 4.07. The first-order valence-electron chi connectivity index (χ1n) is 10.8. The van der Waals surface area contributed by atoms with Crippen LogP contribution in [0.15, 0.2) is 53.3 Å². The van der Waals surface area contributed by atoms with Gasteiger partial charge in [-0.3, -0.25) is 9.59 Å². The van der Waals surface area contributed by atoms with Crippen molar-refractivity contribution in [3.8, 4) is 5.69 Å². The molecule has 0 aliphatic heterocycles. The lowest BCUT2D eigenvalue weighted by Crippen LogP contribution is -2.26. The van der Waals surface area contributed by atoms with E-state index in [9.17, 15) is 9.59 Å². The summed E-state index contributed by atoms with van der Waals surface area (Å²) in [7, 11) is 0. The van der Waals surface area contributed by atoms with Crippen LogP contribution < -0.4 is 10.9 Å². The van der Waals surface area contributed by atoms with Gasteiger partial charge in [0.05, 0.1) is 29.0 Å². The molecule has 4 aromatic rings. The van der Waals surface area contributed by atoms with E-state index in [2.05, 4.69) is 22.4 Å². The van der Waals surface area contributed by atoms with Gasteiger partial charge in [-0.2, -0.15) is 10.2 Å². The first-order chi connectivity index (χ1) is 15.4. The van der Waals surface area contributed by atoms with E-state index in [-0.39, 0.29) is 24.4 Å². The molecule has 0 spiro atoms. The SMILES string of the molecule is CCc1cccc(C)c1NC(=O)CCn1nc(C)c2c(C)n(-c3ccccc3)nc2c1=O. The van der Waals surface area contributed by atoms with Gasteiger partial charge >= 0.3 is 0 Å². The van der Waals surface area contributed by atoms with Crippen LogP contribution in [-0.2, 0) is 17.8 Å². The van der Waals surface area contributed by atoms with Crippen LogP contribution in [0.25, 0.3) is 16.6 Å². The summed E-state index contributed by atoms with van der Waals surface area (Å²) in [4.78, 5) is 25.7. The van der Waals surface area contributed by atoms with Crippen LogP contribution in [0, 0.1) is 20.8 Å². The van der Waals surface area contributed by atoms with Gasteiger partial charge in [-0.15, -0.1) is 0 Å². The summed E-state index contributed by atoms with van der Waals surface area (Å²) in [5.41, 5.74) is 5.50. The first kappa shape index (κ1) is 21.5. The lowest BCUT2D eigenvalue weighted by atomic mass is 10.1. The van der Waals surface area contributed by atoms with Crippen molar-refractivity contribution in [2.45, 2.75) is 47.1 Å². The largest absolute Gasteiger partial charge is 0.326 e. The zero-order chi connectivity index (χ0) is 22.8. The maximum atomic E-state index is 13.1. The minimum absolute atomic E-state index is 0.147. The van der Waals surface area contributed by atoms with Crippen LogP contribution in [0.4, 0.5) is 5.69 Å². The fraction of sp³-hybridized carbons (Fsp3) is 0.280. The molecule has 0 radical (unpaired) electrons.